The molecule has 1 atom stereocenters. The highest BCUT2D eigenvalue weighted by molar-refractivity contribution is 6.31. The van der Waals surface area contributed by atoms with E-state index >= 15 is 0 Å². The lowest BCUT2D eigenvalue weighted by atomic mass is 10.1. The molecule has 0 bridgehead atoms. The van der Waals surface area contributed by atoms with E-state index in [4.69, 9.17) is 32.9 Å². The Bertz CT molecular complexity index is 1600. The third-order valence-electron chi connectivity index (χ3n) is 6.19. The van der Waals surface area contributed by atoms with Crippen molar-refractivity contribution in [1.29, 1.82) is 0 Å². The van der Waals surface area contributed by atoms with Crippen molar-refractivity contribution in [3.8, 4) is 5.69 Å². The number of benzene rings is 2. The maximum atomic E-state index is 13.6. The average molecular weight is 565 g/mol. The molecule has 39 heavy (non-hydrogen) atoms. The third-order valence-corrected chi connectivity index (χ3v) is 6.60. The molecule has 1 N–H and O–H groups in total. The highest BCUT2D eigenvalue weighted by atomic mass is 35.5. The SMILES string of the molecule is O=C(Nc1ccn2nccc2c1)C(Cc1ccccc1)N1CON(c2cc(Cl)ccc2-n2cc(Cl)nn2)CO1. The normalized spacial score (nSPS) is 15.0. The minimum atomic E-state index is -0.677. The molecule has 1 aliphatic rings. The fourth-order valence-corrected chi connectivity index (χ4v) is 4.58. The summed E-state index contributed by atoms with van der Waals surface area (Å²) in [7, 11) is 0. The first-order valence-corrected chi connectivity index (χ1v) is 12.7. The van der Waals surface area contributed by atoms with Crippen LogP contribution < -0.4 is 10.4 Å². The van der Waals surface area contributed by atoms with Crippen molar-refractivity contribution in [2.75, 3.05) is 23.8 Å². The van der Waals surface area contributed by atoms with Crippen molar-refractivity contribution in [3.63, 3.8) is 0 Å². The van der Waals surface area contributed by atoms with E-state index in [1.165, 1.54) is 9.75 Å². The molecule has 0 aliphatic carbocycles. The van der Waals surface area contributed by atoms with Gasteiger partial charge in [-0.1, -0.05) is 58.7 Å². The van der Waals surface area contributed by atoms with E-state index in [0.29, 0.717) is 28.5 Å². The van der Waals surface area contributed by atoms with Crippen LogP contribution >= 0.6 is 23.2 Å². The predicted molar refractivity (Wildman–Crippen MR) is 145 cm³/mol. The van der Waals surface area contributed by atoms with E-state index in [9.17, 15) is 4.79 Å². The van der Waals surface area contributed by atoms with Crippen LogP contribution in [0.5, 0.6) is 0 Å². The van der Waals surface area contributed by atoms with Gasteiger partial charge >= 0.3 is 0 Å². The van der Waals surface area contributed by atoms with Crippen LogP contribution in [0.2, 0.25) is 10.2 Å². The molecule has 0 saturated carbocycles. The minimum absolute atomic E-state index is 0.00384. The summed E-state index contributed by atoms with van der Waals surface area (Å²) in [4.78, 5) is 25.7. The van der Waals surface area contributed by atoms with Crippen LogP contribution in [-0.4, -0.2) is 55.1 Å². The molecule has 11 nitrogen and oxygen atoms in total. The Labute approximate surface area is 232 Å². The monoisotopic (exact) mass is 564 g/mol. The number of halogens is 2. The molecule has 0 spiro atoms. The van der Waals surface area contributed by atoms with Gasteiger partial charge in [-0.25, -0.2) is 14.3 Å². The summed E-state index contributed by atoms with van der Waals surface area (Å²) < 4.78 is 3.25. The van der Waals surface area contributed by atoms with Gasteiger partial charge in [0.25, 0.3) is 0 Å². The number of pyridine rings is 1. The van der Waals surface area contributed by atoms with E-state index in [-0.39, 0.29) is 24.5 Å². The van der Waals surface area contributed by atoms with Gasteiger partial charge in [0.2, 0.25) is 5.91 Å². The van der Waals surface area contributed by atoms with Crippen LogP contribution in [0.15, 0.2) is 85.3 Å². The number of carbonyl (C=O) groups is 1. The summed E-state index contributed by atoms with van der Waals surface area (Å²) >= 11 is 12.3. The van der Waals surface area contributed by atoms with E-state index < -0.39 is 6.04 Å². The highest BCUT2D eigenvalue weighted by Gasteiger charge is 2.32. The summed E-state index contributed by atoms with van der Waals surface area (Å²) in [5.41, 5.74) is 3.74. The van der Waals surface area contributed by atoms with Crippen molar-refractivity contribution in [1.82, 2.24) is 29.7 Å². The number of nitrogens with one attached hydrogen (secondary N) is 1. The average Bonchev–Trinajstić information content (AvgIpc) is 3.61. The zero-order valence-corrected chi connectivity index (χ0v) is 21.9. The van der Waals surface area contributed by atoms with Crippen LogP contribution in [-0.2, 0) is 20.9 Å². The Hall–Kier alpha value is -4.00. The molecule has 198 valence electrons. The lowest BCUT2D eigenvalue weighted by Gasteiger charge is -2.38. The maximum Gasteiger partial charge on any atom is 0.244 e. The molecule has 6 rings (SSSR count). The summed E-state index contributed by atoms with van der Waals surface area (Å²) in [6.07, 6.45) is 5.48. The van der Waals surface area contributed by atoms with E-state index in [0.717, 1.165) is 11.1 Å². The Balaban J connectivity index is 1.21. The molecule has 1 fully saturated rings. The minimum Gasteiger partial charge on any atom is -0.325 e. The zero-order chi connectivity index (χ0) is 26.8. The lowest BCUT2D eigenvalue weighted by Crippen LogP contribution is -2.52. The topological polar surface area (TPSA) is 102 Å². The number of carbonyl (C=O) groups excluding carboxylic acids is 1. The van der Waals surface area contributed by atoms with Crippen LogP contribution in [0, 0.1) is 0 Å². The summed E-state index contributed by atoms with van der Waals surface area (Å²) in [6, 6.07) is 19.8. The van der Waals surface area contributed by atoms with E-state index in [1.54, 1.807) is 52.4 Å². The summed E-state index contributed by atoms with van der Waals surface area (Å²) in [5.74, 6) is -0.236. The number of rotatable bonds is 7. The van der Waals surface area contributed by atoms with Crippen LogP contribution in [0.3, 0.4) is 0 Å². The first kappa shape index (κ1) is 25.3. The molecular weight excluding hydrogens is 543 g/mol. The molecule has 13 heteroatoms. The van der Waals surface area contributed by atoms with Gasteiger partial charge < -0.3 is 5.32 Å². The van der Waals surface area contributed by atoms with Gasteiger partial charge in [0.15, 0.2) is 18.6 Å². The fourth-order valence-electron chi connectivity index (χ4n) is 4.29. The predicted octanol–water partition coefficient (Wildman–Crippen LogP) is 4.37. The van der Waals surface area contributed by atoms with Crippen LogP contribution in [0.1, 0.15) is 5.56 Å². The van der Waals surface area contributed by atoms with Crippen molar-refractivity contribution in [2.24, 2.45) is 0 Å². The number of aromatic nitrogens is 5. The van der Waals surface area contributed by atoms with E-state index in [2.05, 4.69) is 20.7 Å². The molecule has 3 aromatic heterocycles. The third kappa shape index (κ3) is 5.58. The maximum absolute atomic E-state index is 13.6. The number of anilines is 2. The Morgan fingerprint density at radius 3 is 2.64 bits per heavy atom. The second-order valence-corrected chi connectivity index (χ2v) is 9.57. The molecule has 0 radical (unpaired) electrons. The molecule has 5 aromatic rings. The highest BCUT2D eigenvalue weighted by Crippen LogP contribution is 2.30. The zero-order valence-electron chi connectivity index (χ0n) is 20.4. The lowest BCUT2D eigenvalue weighted by molar-refractivity contribution is -0.279. The molecule has 2 aromatic carbocycles. The quantitative estimate of drug-likeness (QED) is 0.311. The van der Waals surface area contributed by atoms with Gasteiger partial charge in [-0.15, -0.1) is 10.2 Å². The number of fused-ring (bicyclic) bond motifs is 1. The van der Waals surface area contributed by atoms with E-state index in [1.807, 2.05) is 42.5 Å². The molecule has 4 heterocycles. The van der Waals surface area contributed by atoms with Gasteiger partial charge in [0, 0.05) is 23.1 Å². The number of hydroxylamine groups is 3. The molecule has 1 saturated heterocycles. The van der Waals surface area contributed by atoms with Crippen molar-refractivity contribution in [3.05, 3.63) is 101 Å². The molecule has 1 aliphatic heterocycles. The van der Waals surface area contributed by atoms with Gasteiger partial charge in [-0.05, 0) is 48.4 Å². The Morgan fingerprint density at radius 1 is 1.00 bits per heavy atom. The Kier molecular flexibility index (Phi) is 7.14. The van der Waals surface area contributed by atoms with Gasteiger partial charge in [0.1, 0.15) is 6.04 Å². The fraction of sp³-hybridized carbons (Fsp3) is 0.154. The number of amides is 1. The van der Waals surface area contributed by atoms with Crippen molar-refractivity contribution >= 4 is 46.0 Å². The first-order valence-electron chi connectivity index (χ1n) is 12.0. The van der Waals surface area contributed by atoms with Crippen LogP contribution in [0.25, 0.3) is 11.2 Å². The number of nitrogens with zero attached hydrogens (tertiary/aromatic N) is 7. The largest absolute Gasteiger partial charge is 0.325 e. The van der Waals surface area contributed by atoms with Crippen LogP contribution in [0.4, 0.5) is 11.4 Å². The van der Waals surface area contributed by atoms with Gasteiger partial charge in [-0.2, -0.15) is 5.10 Å². The molecule has 1 unspecified atom stereocenters. The second-order valence-electron chi connectivity index (χ2n) is 8.74. The summed E-state index contributed by atoms with van der Waals surface area (Å²) in [5, 5.41) is 18.9. The summed E-state index contributed by atoms with van der Waals surface area (Å²) in [6.45, 7) is -0.0211. The molecular formula is C26H22Cl2N8O3. The number of hydrogen-bond donors (Lipinski definition) is 1. The standard InChI is InChI=1S/C26H22Cl2N8O3/c27-19-6-7-22(34-15-25(28)31-32-34)23(13-19)35-16-39-36(17-38-35)24(12-18-4-2-1-3-5-18)26(37)30-20-9-11-33-21(14-20)8-10-29-33/h1-11,13-15,24H,12,16-17H2,(H,30,37). The second kappa shape index (κ2) is 11.0. The molecule has 1 amide bonds. The van der Waals surface area contributed by atoms with Gasteiger partial charge in [-0.3, -0.25) is 14.5 Å². The number of hydrogen-bond acceptors (Lipinski definition) is 8. The smallest absolute Gasteiger partial charge is 0.244 e. The van der Waals surface area contributed by atoms with Crippen molar-refractivity contribution in [2.45, 2.75) is 12.5 Å². The first-order chi connectivity index (χ1) is 19.0. The van der Waals surface area contributed by atoms with Crippen molar-refractivity contribution < 1.29 is 14.5 Å². The Morgan fingerprint density at radius 2 is 1.87 bits per heavy atom. The van der Waals surface area contributed by atoms with Gasteiger partial charge in [0.05, 0.1) is 23.1 Å².